The molecule has 2 heterocycles. The first-order chi connectivity index (χ1) is 12.3. The first-order valence-electron chi connectivity index (χ1n) is 8.60. The van der Waals surface area contributed by atoms with Gasteiger partial charge in [0.1, 0.15) is 0 Å². The van der Waals surface area contributed by atoms with Gasteiger partial charge in [-0.05, 0) is 24.1 Å². The number of morpholine rings is 1. The van der Waals surface area contributed by atoms with Gasteiger partial charge in [0.2, 0.25) is 21.8 Å². The Labute approximate surface area is 152 Å². The summed E-state index contributed by atoms with van der Waals surface area (Å²) in [4.78, 5) is 28.3. The average molecular weight is 381 g/mol. The molecule has 3 rings (SSSR count). The van der Waals surface area contributed by atoms with Crippen LogP contribution in [0.25, 0.3) is 0 Å². The molecule has 1 aromatic carbocycles. The van der Waals surface area contributed by atoms with Crippen molar-refractivity contribution in [2.75, 3.05) is 39.4 Å². The highest BCUT2D eigenvalue weighted by atomic mass is 32.2. The summed E-state index contributed by atoms with van der Waals surface area (Å²) in [5.41, 5.74) is 0.910. The van der Waals surface area contributed by atoms with Crippen LogP contribution in [0.5, 0.6) is 0 Å². The Hall–Kier alpha value is -1.97. The minimum atomic E-state index is -3.70. The Kier molecular flexibility index (Phi) is 5.59. The molecule has 2 amide bonds. The number of nitrogens with zero attached hydrogens (tertiary/aromatic N) is 2. The summed E-state index contributed by atoms with van der Waals surface area (Å²) in [6.07, 6.45) is 0.843. The lowest BCUT2D eigenvalue weighted by Crippen LogP contribution is -2.44. The monoisotopic (exact) mass is 381 g/mol. The van der Waals surface area contributed by atoms with Gasteiger partial charge in [0.05, 0.1) is 24.0 Å². The highest BCUT2D eigenvalue weighted by Crippen LogP contribution is 2.21. The van der Waals surface area contributed by atoms with E-state index in [4.69, 9.17) is 9.88 Å². The maximum absolute atomic E-state index is 12.5. The van der Waals surface area contributed by atoms with Crippen LogP contribution in [-0.2, 0) is 30.8 Å². The van der Waals surface area contributed by atoms with Crippen molar-refractivity contribution in [1.82, 2.24) is 9.80 Å². The number of ether oxygens (including phenoxy) is 1. The number of benzene rings is 1. The molecule has 0 radical (unpaired) electrons. The standard InChI is InChI=1S/C17H23N3O5S/c18-26(23,24)15-3-1-13(2-4-15)5-6-20-12-14(11-16(20)21)17(22)19-7-9-25-10-8-19/h1-4,14H,5-12H2,(H2,18,23,24). The first kappa shape index (κ1) is 18.8. The van der Waals surface area contributed by atoms with E-state index in [0.717, 1.165) is 5.56 Å². The van der Waals surface area contributed by atoms with Crippen LogP contribution in [0.4, 0.5) is 0 Å². The highest BCUT2D eigenvalue weighted by molar-refractivity contribution is 7.89. The summed E-state index contributed by atoms with van der Waals surface area (Å²) < 4.78 is 27.8. The van der Waals surface area contributed by atoms with Crippen LogP contribution in [0.3, 0.4) is 0 Å². The molecule has 2 aliphatic rings. The van der Waals surface area contributed by atoms with Gasteiger partial charge < -0.3 is 14.5 Å². The minimum Gasteiger partial charge on any atom is -0.378 e. The lowest BCUT2D eigenvalue weighted by molar-refractivity contribution is -0.139. The SMILES string of the molecule is NS(=O)(=O)c1ccc(CCN2CC(C(=O)N3CCOCC3)CC2=O)cc1. The number of primary sulfonamides is 1. The number of rotatable bonds is 5. The van der Waals surface area contributed by atoms with Gasteiger partial charge in [0.15, 0.2) is 0 Å². The number of carbonyl (C=O) groups is 2. The fourth-order valence-corrected chi connectivity index (χ4v) is 3.82. The zero-order valence-electron chi connectivity index (χ0n) is 14.5. The maximum atomic E-state index is 12.5. The van der Waals surface area contributed by atoms with Crippen molar-refractivity contribution in [3.63, 3.8) is 0 Å². The van der Waals surface area contributed by atoms with Gasteiger partial charge in [0.25, 0.3) is 0 Å². The Balaban J connectivity index is 1.54. The van der Waals surface area contributed by atoms with Gasteiger partial charge in [-0.2, -0.15) is 0 Å². The van der Waals surface area contributed by atoms with E-state index in [2.05, 4.69) is 0 Å². The fraction of sp³-hybridized carbons (Fsp3) is 0.529. The van der Waals surface area contributed by atoms with Crippen molar-refractivity contribution < 1.29 is 22.7 Å². The second kappa shape index (κ2) is 7.73. The van der Waals surface area contributed by atoms with E-state index in [9.17, 15) is 18.0 Å². The molecule has 1 atom stereocenters. The largest absolute Gasteiger partial charge is 0.378 e. The molecule has 0 aliphatic carbocycles. The summed E-state index contributed by atoms with van der Waals surface area (Å²) in [7, 11) is -3.70. The third-order valence-electron chi connectivity index (χ3n) is 4.81. The Morgan fingerprint density at radius 2 is 1.85 bits per heavy atom. The zero-order chi connectivity index (χ0) is 18.7. The second-order valence-electron chi connectivity index (χ2n) is 6.62. The summed E-state index contributed by atoms with van der Waals surface area (Å²) in [5, 5.41) is 5.08. The number of sulfonamides is 1. The van der Waals surface area contributed by atoms with E-state index in [0.29, 0.717) is 45.8 Å². The molecule has 1 aromatic rings. The van der Waals surface area contributed by atoms with E-state index in [1.165, 1.54) is 12.1 Å². The van der Waals surface area contributed by atoms with Crippen LogP contribution in [0.15, 0.2) is 29.2 Å². The van der Waals surface area contributed by atoms with E-state index >= 15 is 0 Å². The predicted molar refractivity (Wildman–Crippen MR) is 93.6 cm³/mol. The van der Waals surface area contributed by atoms with E-state index in [-0.39, 0.29) is 29.0 Å². The number of nitrogens with two attached hydrogens (primary N) is 1. The van der Waals surface area contributed by atoms with Crippen molar-refractivity contribution >= 4 is 21.8 Å². The van der Waals surface area contributed by atoms with Crippen LogP contribution in [0, 0.1) is 5.92 Å². The molecule has 2 fully saturated rings. The molecule has 1 unspecified atom stereocenters. The van der Waals surface area contributed by atoms with Crippen molar-refractivity contribution in [1.29, 1.82) is 0 Å². The van der Waals surface area contributed by atoms with Gasteiger partial charge in [-0.25, -0.2) is 13.6 Å². The number of hydrogen-bond donors (Lipinski definition) is 1. The van der Waals surface area contributed by atoms with Crippen molar-refractivity contribution in [2.45, 2.75) is 17.7 Å². The maximum Gasteiger partial charge on any atom is 0.238 e. The molecule has 0 spiro atoms. The zero-order valence-corrected chi connectivity index (χ0v) is 15.3. The molecule has 2 aliphatic heterocycles. The van der Waals surface area contributed by atoms with E-state index in [1.54, 1.807) is 21.9 Å². The van der Waals surface area contributed by atoms with Crippen LogP contribution in [-0.4, -0.2) is 69.4 Å². The minimum absolute atomic E-state index is 0.0160. The van der Waals surface area contributed by atoms with Crippen LogP contribution in [0.1, 0.15) is 12.0 Å². The lowest BCUT2D eigenvalue weighted by atomic mass is 10.1. The van der Waals surface area contributed by atoms with E-state index in [1.807, 2.05) is 0 Å². The normalized spacial score (nSPS) is 21.3. The molecular formula is C17H23N3O5S. The molecule has 8 nitrogen and oxygen atoms in total. The summed E-state index contributed by atoms with van der Waals surface area (Å²) >= 11 is 0. The average Bonchev–Trinajstić information content (AvgIpc) is 3.00. The van der Waals surface area contributed by atoms with E-state index < -0.39 is 10.0 Å². The summed E-state index contributed by atoms with van der Waals surface area (Å²) in [6, 6.07) is 6.30. The number of amides is 2. The number of carbonyl (C=O) groups excluding carboxylic acids is 2. The van der Waals surface area contributed by atoms with Crippen LogP contribution >= 0.6 is 0 Å². The predicted octanol–water partition coefficient (Wildman–Crippen LogP) is -0.416. The molecular weight excluding hydrogens is 358 g/mol. The third kappa shape index (κ3) is 4.40. The Morgan fingerprint density at radius 1 is 1.19 bits per heavy atom. The molecule has 0 bridgehead atoms. The smallest absolute Gasteiger partial charge is 0.238 e. The van der Waals surface area contributed by atoms with Gasteiger partial charge in [0, 0.05) is 32.6 Å². The lowest BCUT2D eigenvalue weighted by Gasteiger charge is -2.29. The third-order valence-corrected chi connectivity index (χ3v) is 5.74. The number of hydrogen-bond acceptors (Lipinski definition) is 5. The highest BCUT2D eigenvalue weighted by Gasteiger charge is 2.36. The molecule has 0 saturated carbocycles. The van der Waals surface area contributed by atoms with Gasteiger partial charge in [-0.3, -0.25) is 9.59 Å². The molecule has 0 aromatic heterocycles. The van der Waals surface area contributed by atoms with Crippen LogP contribution < -0.4 is 5.14 Å². The molecule has 9 heteroatoms. The van der Waals surface area contributed by atoms with Gasteiger partial charge >= 0.3 is 0 Å². The molecule has 142 valence electrons. The summed E-state index contributed by atoms with van der Waals surface area (Å²) in [6.45, 7) is 3.19. The fourth-order valence-electron chi connectivity index (χ4n) is 3.31. The topological polar surface area (TPSA) is 110 Å². The van der Waals surface area contributed by atoms with Crippen molar-refractivity contribution in [3.8, 4) is 0 Å². The summed E-state index contributed by atoms with van der Waals surface area (Å²) in [5.74, 6) is -0.273. The Bertz CT molecular complexity index is 772. The van der Waals surface area contributed by atoms with Crippen LogP contribution in [0.2, 0.25) is 0 Å². The van der Waals surface area contributed by atoms with Crippen molar-refractivity contribution in [3.05, 3.63) is 29.8 Å². The van der Waals surface area contributed by atoms with Crippen molar-refractivity contribution in [2.24, 2.45) is 11.1 Å². The molecule has 2 saturated heterocycles. The Morgan fingerprint density at radius 3 is 2.46 bits per heavy atom. The second-order valence-corrected chi connectivity index (χ2v) is 8.18. The number of likely N-dealkylation sites (tertiary alicyclic amines) is 1. The van der Waals surface area contributed by atoms with Gasteiger partial charge in [-0.1, -0.05) is 12.1 Å². The quantitative estimate of drug-likeness (QED) is 0.745. The first-order valence-corrected chi connectivity index (χ1v) is 10.2. The van der Waals surface area contributed by atoms with Gasteiger partial charge in [-0.15, -0.1) is 0 Å². The molecule has 26 heavy (non-hydrogen) atoms. The molecule has 2 N–H and O–H groups in total.